The van der Waals surface area contributed by atoms with Crippen molar-refractivity contribution in [1.82, 2.24) is 10.3 Å². The lowest BCUT2D eigenvalue weighted by molar-refractivity contribution is -0.150. The molecular weight excluding hydrogens is 350 g/mol. The van der Waals surface area contributed by atoms with Crippen molar-refractivity contribution in [2.24, 2.45) is 5.92 Å². The Bertz CT molecular complexity index is 849. The van der Waals surface area contributed by atoms with Gasteiger partial charge in [0.1, 0.15) is 10.5 Å². The van der Waals surface area contributed by atoms with Crippen molar-refractivity contribution in [3.63, 3.8) is 0 Å². The fraction of sp³-hybridized carbons (Fsp3) is 0.368. The van der Waals surface area contributed by atoms with Crippen LogP contribution in [0.1, 0.15) is 32.7 Å². The van der Waals surface area contributed by atoms with Crippen molar-refractivity contribution >= 4 is 39.5 Å². The van der Waals surface area contributed by atoms with E-state index in [1.165, 1.54) is 24.3 Å². The first-order valence-electron chi connectivity index (χ1n) is 8.22. The largest absolute Gasteiger partial charge is 0.449 e. The first kappa shape index (κ1) is 19.6. The first-order valence-corrected chi connectivity index (χ1v) is 9.04. The van der Waals surface area contributed by atoms with Gasteiger partial charge in [-0.3, -0.25) is 4.79 Å². The molecule has 0 fully saturated rings. The number of esters is 1. The predicted octanol–water partition coefficient (Wildman–Crippen LogP) is 3.30. The van der Waals surface area contributed by atoms with Gasteiger partial charge in [0.15, 0.2) is 6.10 Å². The summed E-state index contributed by atoms with van der Waals surface area (Å²) in [6.45, 7) is 6.77. The first-order chi connectivity index (χ1) is 12.2. The van der Waals surface area contributed by atoms with Crippen molar-refractivity contribution < 1.29 is 14.3 Å². The molecule has 1 N–H and O–H groups in total. The minimum absolute atomic E-state index is 0.0849. The average molecular weight is 371 g/mol. The molecule has 0 bridgehead atoms. The van der Waals surface area contributed by atoms with E-state index in [-0.39, 0.29) is 5.92 Å². The molecule has 0 aliphatic carbocycles. The van der Waals surface area contributed by atoms with Crippen LogP contribution in [0.25, 0.3) is 16.3 Å². The van der Waals surface area contributed by atoms with Crippen LogP contribution in [0.3, 0.4) is 0 Å². The Balaban J connectivity index is 1.96. The molecule has 7 heteroatoms. The van der Waals surface area contributed by atoms with Crippen LogP contribution >= 0.6 is 11.3 Å². The highest BCUT2D eigenvalue weighted by atomic mass is 32.1. The van der Waals surface area contributed by atoms with Crippen LogP contribution in [0.15, 0.2) is 30.3 Å². The van der Waals surface area contributed by atoms with E-state index in [9.17, 15) is 14.9 Å². The van der Waals surface area contributed by atoms with Gasteiger partial charge in [0.05, 0.1) is 16.3 Å². The van der Waals surface area contributed by atoms with Crippen LogP contribution in [0, 0.1) is 17.2 Å². The van der Waals surface area contributed by atoms with Crippen LogP contribution in [-0.2, 0) is 14.3 Å². The van der Waals surface area contributed by atoms with Gasteiger partial charge in [-0.15, -0.1) is 11.3 Å². The Morgan fingerprint density at radius 3 is 2.65 bits per heavy atom. The maximum absolute atomic E-state index is 12.2. The monoisotopic (exact) mass is 371 g/mol. The third-order valence-electron chi connectivity index (χ3n) is 4.10. The van der Waals surface area contributed by atoms with Crippen LogP contribution < -0.4 is 5.32 Å². The normalized spacial score (nSPS) is 14.8. The molecule has 0 radical (unpaired) electrons. The number of aromatic nitrogens is 1. The second-order valence-electron chi connectivity index (χ2n) is 6.39. The lowest BCUT2D eigenvalue weighted by atomic mass is 9.90. The number of nitrogens with one attached hydrogen (secondary N) is 1. The standard InChI is InChI=1S/C19H21N3O3S/c1-12(2)19(4,11-20)22-18(24)13(3)25-17(23)10-9-16-21-14-7-5-6-8-15(14)26-16/h5-10,12-13H,1-4H3,(H,22,24)/b10-9+/t13-,19-/m0/s1. The van der Waals surface area contributed by atoms with Crippen molar-refractivity contribution in [3.8, 4) is 6.07 Å². The number of carbonyl (C=O) groups excluding carboxylic acids is 2. The third kappa shape index (κ3) is 4.67. The molecule has 1 amide bonds. The number of para-hydroxylation sites is 1. The number of amides is 1. The fourth-order valence-corrected chi connectivity index (χ4v) is 2.90. The Labute approximate surface area is 156 Å². The Kier molecular flexibility index (Phi) is 6.11. The Morgan fingerprint density at radius 1 is 1.35 bits per heavy atom. The molecule has 2 rings (SSSR count). The molecule has 0 unspecified atom stereocenters. The van der Waals surface area contributed by atoms with Crippen molar-refractivity contribution in [1.29, 1.82) is 5.26 Å². The second kappa shape index (κ2) is 8.11. The number of fused-ring (bicyclic) bond motifs is 1. The number of carbonyl (C=O) groups is 2. The zero-order valence-corrected chi connectivity index (χ0v) is 16.0. The number of nitriles is 1. The van der Waals surface area contributed by atoms with Crippen molar-refractivity contribution in [3.05, 3.63) is 35.3 Å². The zero-order valence-electron chi connectivity index (χ0n) is 15.1. The van der Waals surface area contributed by atoms with E-state index in [0.29, 0.717) is 5.01 Å². The summed E-state index contributed by atoms with van der Waals surface area (Å²) in [5.41, 5.74) is -0.156. The maximum atomic E-state index is 12.2. The lowest BCUT2D eigenvalue weighted by Gasteiger charge is -2.28. The highest BCUT2D eigenvalue weighted by Crippen LogP contribution is 2.22. The Hall–Kier alpha value is -2.72. The molecule has 0 aliphatic rings. The summed E-state index contributed by atoms with van der Waals surface area (Å²) in [5.74, 6) is -1.24. The van der Waals surface area contributed by atoms with Gasteiger partial charge in [-0.05, 0) is 38.0 Å². The maximum Gasteiger partial charge on any atom is 0.331 e. The predicted molar refractivity (Wildman–Crippen MR) is 101 cm³/mol. The molecule has 6 nitrogen and oxygen atoms in total. The molecule has 136 valence electrons. The molecule has 0 saturated heterocycles. The molecular formula is C19H21N3O3S. The zero-order chi connectivity index (χ0) is 19.3. The van der Waals surface area contributed by atoms with E-state index in [1.54, 1.807) is 13.0 Å². The van der Waals surface area contributed by atoms with E-state index in [4.69, 9.17) is 4.74 Å². The molecule has 2 aromatic rings. The number of hydrogen-bond donors (Lipinski definition) is 1. The van der Waals surface area contributed by atoms with Gasteiger partial charge >= 0.3 is 5.97 Å². The number of hydrogen-bond acceptors (Lipinski definition) is 6. The molecule has 1 aromatic heterocycles. The van der Waals surface area contributed by atoms with Crippen LogP contribution in [0.5, 0.6) is 0 Å². The minimum atomic E-state index is -1.02. The molecule has 0 aliphatic heterocycles. The van der Waals surface area contributed by atoms with Gasteiger partial charge in [-0.1, -0.05) is 26.0 Å². The Morgan fingerprint density at radius 2 is 2.04 bits per heavy atom. The molecule has 1 aromatic carbocycles. The summed E-state index contributed by atoms with van der Waals surface area (Å²) in [4.78, 5) is 28.5. The molecule has 2 atom stereocenters. The summed E-state index contributed by atoms with van der Waals surface area (Å²) in [6.07, 6.45) is 1.80. The van der Waals surface area contributed by atoms with Gasteiger partial charge in [-0.25, -0.2) is 9.78 Å². The number of ether oxygens (including phenoxy) is 1. The van der Waals surface area contributed by atoms with E-state index in [2.05, 4.69) is 16.4 Å². The lowest BCUT2D eigenvalue weighted by Crippen LogP contribution is -2.52. The second-order valence-corrected chi connectivity index (χ2v) is 7.45. The summed E-state index contributed by atoms with van der Waals surface area (Å²) < 4.78 is 6.13. The summed E-state index contributed by atoms with van der Waals surface area (Å²) in [7, 11) is 0. The molecule has 26 heavy (non-hydrogen) atoms. The average Bonchev–Trinajstić information content (AvgIpc) is 3.02. The summed E-state index contributed by atoms with van der Waals surface area (Å²) in [6, 6.07) is 9.76. The number of benzene rings is 1. The number of rotatable bonds is 6. The van der Waals surface area contributed by atoms with Crippen LogP contribution in [0.4, 0.5) is 0 Å². The van der Waals surface area contributed by atoms with Crippen molar-refractivity contribution in [2.75, 3.05) is 0 Å². The van der Waals surface area contributed by atoms with Gasteiger partial charge in [-0.2, -0.15) is 5.26 Å². The quantitative estimate of drug-likeness (QED) is 0.621. The smallest absolute Gasteiger partial charge is 0.331 e. The number of nitrogens with zero attached hydrogens (tertiary/aromatic N) is 2. The van der Waals surface area contributed by atoms with E-state index in [1.807, 2.05) is 38.1 Å². The highest BCUT2D eigenvalue weighted by molar-refractivity contribution is 7.19. The summed E-state index contributed by atoms with van der Waals surface area (Å²) >= 11 is 1.46. The van der Waals surface area contributed by atoms with E-state index < -0.39 is 23.5 Å². The van der Waals surface area contributed by atoms with Gasteiger partial charge in [0, 0.05) is 6.08 Å². The third-order valence-corrected chi connectivity index (χ3v) is 5.11. The van der Waals surface area contributed by atoms with Crippen molar-refractivity contribution in [2.45, 2.75) is 39.3 Å². The number of thiazole rings is 1. The van der Waals surface area contributed by atoms with Gasteiger partial charge in [0.25, 0.3) is 5.91 Å². The molecule has 0 spiro atoms. The van der Waals surface area contributed by atoms with Crippen LogP contribution in [-0.4, -0.2) is 28.5 Å². The topological polar surface area (TPSA) is 92.1 Å². The van der Waals surface area contributed by atoms with E-state index in [0.717, 1.165) is 10.2 Å². The SMILES string of the molecule is CC(C)[C@](C)(C#N)NC(=O)[C@H](C)OC(=O)/C=C/c1nc2ccccc2s1. The molecule has 0 saturated carbocycles. The minimum Gasteiger partial charge on any atom is -0.449 e. The van der Waals surface area contributed by atoms with Crippen LogP contribution in [0.2, 0.25) is 0 Å². The van der Waals surface area contributed by atoms with E-state index >= 15 is 0 Å². The summed E-state index contributed by atoms with van der Waals surface area (Å²) in [5, 5.41) is 12.6. The molecule has 1 heterocycles. The fourth-order valence-electron chi connectivity index (χ4n) is 2.03. The highest BCUT2D eigenvalue weighted by Gasteiger charge is 2.32. The van der Waals surface area contributed by atoms with Gasteiger partial charge in [0.2, 0.25) is 0 Å². The van der Waals surface area contributed by atoms with Gasteiger partial charge < -0.3 is 10.1 Å².